The second-order valence-corrected chi connectivity index (χ2v) is 2.98. The van der Waals surface area contributed by atoms with E-state index in [9.17, 15) is 10.2 Å². The van der Waals surface area contributed by atoms with E-state index in [4.69, 9.17) is 14.6 Å². The zero-order chi connectivity index (χ0) is 9.35. The van der Waals surface area contributed by atoms with Gasteiger partial charge in [-0.1, -0.05) is 0 Å². The molecule has 0 amide bonds. The third-order valence-electron chi connectivity index (χ3n) is 2.30. The van der Waals surface area contributed by atoms with Crippen LogP contribution in [0.4, 0.5) is 0 Å². The van der Waals surface area contributed by atoms with Crippen LogP contribution in [-0.2, 0) is 9.47 Å². The van der Waals surface area contributed by atoms with Gasteiger partial charge in [0, 0.05) is 7.11 Å². The maximum atomic E-state index is 9.63. The first-order valence-electron chi connectivity index (χ1n) is 3.75. The molecular weight excluding hydrogens is 164 g/mol. The molecule has 0 saturated carbocycles. The molecule has 4 atom stereocenters. The van der Waals surface area contributed by atoms with E-state index in [1.54, 1.807) is 6.92 Å². The summed E-state index contributed by atoms with van der Waals surface area (Å²) in [6, 6.07) is 0. The van der Waals surface area contributed by atoms with Gasteiger partial charge in [0.15, 0.2) is 6.29 Å². The summed E-state index contributed by atoms with van der Waals surface area (Å²) in [7, 11) is 1.36. The first kappa shape index (κ1) is 9.88. The quantitative estimate of drug-likeness (QED) is 0.477. The summed E-state index contributed by atoms with van der Waals surface area (Å²) in [5, 5.41) is 27.9. The molecule has 0 radical (unpaired) electrons. The van der Waals surface area contributed by atoms with Crippen LogP contribution in [0.3, 0.4) is 0 Å². The fourth-order valence-electron chi connectivity index (χ4n) is 1.28. The van der Waals surface area contributed by atoms with E-state index in [-0.39, 0.29) is 0 Å². The van der Waals surface area contributed by atoms with Gasteiger partial charge in [0.1, 0.15) is 11.7 Å². The third kappa shape index (κ3) is 1.23. The molecule has 1 aliphatic rings. The Morgan fingerprint density at radius 3 is 2.42 bits per heavy atom. The van der Waals surface area contributed by atoms with Gasteiger partial charge in [0.25, 0.3) is 0 Å². The number of hydrogen-bond donors (Lipinski definition) is 3. The van der Waals surface area contributed by atoms with Gasteiger partial charge in [-0.25, -0.2) is 0 Å². The number of methoxy groups -OCH3 is 1. The molecule has 1 aliphatic heterocycles. The van der Waals surface area contributed by atoms with E-state index >= 15 is 0 Å². The third-order valence-corrected chi connectivity index (χ3v) is 2.30. The van der Waals surface area contributed by atoms with E-state index in [0.29, 0.717) is 0 Å². The van der Waals surface area contributed by atoms with Crippen molar-refractivity contribution in [1.29, 1.82) is 0 Å². The molecule has 0 aromatic carbocycles. The fourth-order valence-corrected chi connectivity index (χ4v) is 1.28. The van der Waals surface area contributed by atoms with Gasteiger partial charge in [-0.3, -0.25) is 0 Å². The lowest BCUT2D eigenvalue weighted by Gasteiger charge is -2.26. The van der Waals surface area contributed by atoms with Gasteiger partial charge in [-0.05, 0) is 6.92 Å². The van der Waals surface area contributed by atoms with Gasteiger partial charge in [-0.2, -0.15) is 0 Å². The maximum absolute atomic E-state index is 9.63. The van der Waals surface area contributed by atoms with Crippen LogP contribution in [0.2, 0.25) is 0 Å². The molecule has 72 valence electrons. The predicted molar refractivity (Wildman–Crippen MR) is 39.4 cm³/mol. The second kappa shape index (κ2) is 3.27. The van der Waals surface area contributed by atoms with Crippen LogP contribution >= 0.6 is 0 Å². The highest BCUT2D eigenvalue weighted by molar-refractivity contribution is 4.98. The summed E-state index contributed by atoms with van der Waals surface area (Å²) >= 11 is 0. The summed E-state index contributed by atoms with van der Waals surface area (Å²) in [5.74, 6) is 0. The van der Waals surface area contributed by atoms with Crippen molar-refractivity contribution in [3.05, 3.63) is 0 Å². The van der Waals surface area contributed by atoms with Crippen molar-refractivity contribution in [3.8, 4) is 0 Å². The van der Waals surface area contributed by atoms with Crippen LogP contribution < -0.4 is 0 Å². The monoisotopic (exact) mass is 178 g/mol. The summed E-state index contributed by atoms with van der Waals surface area (Å²) in [6.45, 7) is 1.02. The Morgan fingerprint density at radius 1 is 1.58 bits per heavy atom. The van der Waals surface area contributed by atoms with Crippen LogP contribution in [0, 0.1) is 0 Å². The number of aliphatic hydroxyl groups excluding tert-OH is 2. The highest BCUT2D eigenvalue weighted by Crippen LogP contribution is 2.30. The van der Waals surface area contributed by atoms with E-state index in [1.165, 1.54) is 7.11 Å². The molecule has 1 rings (SSSR count). The molecule has 1 heterocycles. The van der Waals surface area contributed by atoms with Gasteiger partial charge in [0.05, 0.1) is 12.7 Å². The van der Waals surface area contributed by atoms with Gasteiger partial charge in [0.2, 0.25) is 0 Å². The van der Waals surface area contributed by atoms with E-state index < -0.39 is 30.7 Å². The Morgan fingerprint density at radius 2 is 2.17 bits per heavy atom. The lowest BCUT2D eigenvalue weighted by Crippen LogP contribution is -2.50. The molecule has 0 aromatic rings. The Kier molecular flexibility index (Phi) is 2.70. The summed E-state index contributed by atoms with van der Waals surface area (Å²) < 4.78 is 9.79. The lowest BCUT2D eigenvalue weighted by atomic mass is 9.95. The Labute approximate surface area is 70.5 Å². The average molecular weight is 178 g/mol. The molecule has 0 spiro atoms. The first-order valence-corrected chi connectivity index (χ1v) is 3.75. The molecule has 3 N–H and O–H groups in total. The topological polar surface area (TPSA) is 79.2 Å². The van der Waals surface area contributed by atoms with Gasteiger partial charge < -0.3 is 24.8 Å². The van der Waals surface area contributed by atoms with Crippen LogP contribution in [0.25, 0.3) is 0 Å². The lowest BCUT2D eigenvalue weighted by molar-refractivity contribution is -0.149. The maximum Gasteiger partial charge on any atom is 0.186 e. The van der Waals surface area contributed by atoms with Gasteiger partial charge in [-0.15, -0.1) is 0 Å². The van der Waals surface area contributed by atoms with Crippen LogP contribution in [-0.4, -0.2) is 53.1 Å². The number of rotatable bonds is 2. The van der Waals surface area contributed by atoms with E-state index in [2.05, 4.69) is 0 Å². The zero-order valence-corrected chi connectivity index (χ0v) is 7.10. The summed E-state index contributed by atoms with van der Waals surface area (Å²) in [4.78, 5) is 0. The minimum atomic E-state index is -1.61. The van der Waals surface area contributed by atoms with Crippen molar-refractivity contribution >= 4 is 0 Å². The van der Waals surface area contributed by atoms with Gasteiger partial charge >= 0.3 is 0 Å². The molecule has 12 heavy (non-hydrogen) atoms. The van der Waals surface area contributed by atoms with E-state index in [0.717, 1.165) is 0 Å². The Hall–Kier alpha value is -0.200. The Bertz CT molecular complexity index is 162. The molecule has 1 fully saturated rings. The SMILES string of the molecule is CO[C@H]1O[C@H](C)[C@@](O)(CO)[C@@H]1O. The van der Waals surface area contributed by atoms with Crippen molar-refractivity contribution in [2.45, 2.75) is 31.0 Å². The van der Waals surface area contributed by atoms with Crippen molar-refractivity contribution in [3.63, 3.8) is 0 Å². The minimum Gasteiger partial charge on any atom is -0.393 e. The fraction of sp³-hybridized carbons (Fsp3) is 1.00. The highest BCUT2D eigenvalue weighted by Gasteiger charge is 2.53. The molecule has 1 saturated heterocycles. The standard InChI is InChI=1S/C7H14O5/c1-4-7(10,3-8)5(9)6(11-2)12-4/h4-6,8-10H,3H2,1-2H3/t4-,5-,6+,7+/m1/s1. The van der Waals surface area contributed by atoms with Crippen molar-refractivity contribution < 1.29 is 24.8 Å². The highest BCUT2D eigenvalue weighted by atomic mass is 16.7. The second-order valence-electron chi connectivity index (χ2n) is 2.98. The molecule has 0 bridgehead atoms. The predicted octanol–water partition coefficient (Wildman–Crippen LogP) is -1.54. The first-order chi connectivity index (χ1) is 5.56. The molecule has 5 nitrogen and oxygen atoms in total. The summed E-state index contributed by atoms with van der Waals surface area (Å²) in [6.07, 6.45) is -2.71. The zero-order valence-electron chi connectivity index (χ0n) is 7.10. The molecule has 5 heteroatoms. The Balaban J connectivity index is 2.76. The largest absolute Gasteiger partial charge is 0.393 e. The van der Waals surface area contributed by atoms with Crippen molar-refractivity contribution in [2.75, 3.05) is 13.7 Å². The molecule has 0 aromatic heterocycles. The van der Waals surface area contributed by atoms with Crippen molar-refractivity contribution in [2.24, 2.45) is 0 Å². The number of aliphatic hydroxyl groups is 3. The minimum absolute atomic E-state index is 0.546. The van der Waals surface area contributed by atoms with Crippen molar-refractivity contribution in [1.82, 2.24) is 0 Å². The number of ether oxygens (including phenoxy) is 2. The number of hydrogen-bond acceptors (Lipinski definition) is 5. The van der Waals surface area contributed by atoms with Crippen LogP contribution in [0.15, 0.2) is 0 Å². The van der Waals surface area contributed by atoms with E-state index in [1.807, 2.05) is 0 Å². The molecular formula is C7H14O5. The summed E-state index contributed by atoms with van der Waals surface area (Å²) in [5.41, 5.74) is -1.61. The molecule has 0 aliphatic carbocycles. The smallest absolute Gasteiger partial charge is 0.186 e. The van der Waals surface area contributed by atoms with Crippen LogP contribution in [0.1, 0.15) is 6.92 Å². The normalized spacial score (nSPS) is 48.2. The molecule has 0 unspecified atom stereocenters. The van der Waals surface area contributed by atoms with Crippen LogP contribution in [0.5, 0.6) is 0 Å². The average Bonchev–Trinajstić information content (AvgIpc) is 2.30.